The van der Waals surface area contributed by atoms with Crippen molar-refractivity contribution in [2.45, 2.75) is 32.1 Å². The van der Waals surface area contributed by atoms with Crippen LogP contribution in [0.3, 0.4) is 0 Å². The molecular weight excluding hydrogens is 258 g/mol. The van der Waals surface area contributed by atoms with Gasteiger partial charge >= 0.3 is 0 Å². The monoisotopic (exact) mass is 277 g/mol. The van der Waals surface area contributed by atoms with Crippen molar-refractivity contribution in [3.63, 3.8) is 0 Å². The van der Waals surface area contributed by atoms with Crippen LogP contribution >= 0.6 is 0 Å². The normalized spacial score (nSPS) is 10.0. The van der Waals surface area contributed by atoms with Crippen LogP contribution in [0.5, 0.6) is 0 Å². The van der Waals surface area contributed by atoms with E-state index in [-0.39, 0.29) is 18.7 Å². The molecule has 1 rings (SSSR count). The standard InChI is InChI=1S/C14H19N3O3/c15-8-7-12-5-6-13(14(11-12)17(19)20)16-9-3-1-2-4-10-18/h5-6,11,16,18H,1-4,7,9-10H2. The summed E-state index contributed by atoms with van der Waals surface area (Å²) in [5, 5.41) is 31.3. The second-order valence-corrected chi connectivity index (χ2v) is 4.51. The summed E-state index contributed by atoms with van der Waals surface area (Å²) < 4.78 is 0. The summed E-state index contributed by atoms with van der Waals surface area (Å²) >= 11 is 0. The Morgan fingerprint density at radius 3 is 2.70 bits per heavy atom. The minimum absolute atomic E-state index is 0.00751. The minimum Gasteiger partial charge on any atom is -0.396 e. The van der Waals surface area contributed by atoms with E-state index in [9.17, 15) is 10.1 Å². The molecule has 0 aromatic heterocycles. The maximum Gasteiger partial charge on any atom is 0.292 e. The molecule has 2 N–H and O–H groups in total. The van der Waals surface area contributed by atoms with E-state index in [0.717, 1.165) is 25.7 Å². The first-order valence-corrected chi connectivity index (χ1v) is 6.68. The summed E-state index contributed by atoms with van der Waals surface area (Å²) in [6, 6.07) is 6.80. The van der Waals surface area contributed by atoms with E-state index in [1.54, 1.807) is 12.1 Å². The number of anilines is 1. The number of nitro benzene ring substituents is 1. The van der Waals surface area contributed by atoms with Gasteiger partial charge in [0.25, 0.3) is 5.69 Å². The zero-order chi connectivity index (χ0) is 14.8. The lowest BCUT2D eigenvalue weighted by Crippen LogP contribution is -2.05. The van der Waals surface area contributed by atoms with Gasteiger partial charge in [-0.15, -0.1) is 0 Å². The van der Waals surface area contributed by atoms with Gasteiger partial charge in [-0.05, 0) is 24.5 Å². The average molecular weight is 277 g/mol. The van der Waals surface area contributed by atoms with Gasteiger partial charge in [0.15, 0.2) is 0 Å². The lowest BCUT2D eigenvalue weighted by molar-refractivity contribution is -0.384. The molecule has 20 heavy (non-hydrogen) atoms. The first-order valence-electron chi connectivity index (χ1n) is 6.68. The van der Waals surface area contributed by atoms with Gasteiger partial charge in [0.05, 0.1) is 17.4 Å². The summed E-state index contributed by atoms with van der Waals surface area (Å²) in [6.45, 7) is 0.864. The number of aliphatic hydroxyl groups is 1. The van der Waals surface area contributed by atoms with Gasteiger partial charge in [-0.3, -0.25) is 10.1 Å². The fourth-order valence-electron chi connectivity index (χ4n) is 1.89. The summed E-state index contributed by atoms with van der Waals surface area (Å²) in [5.74, 6) is 0. The Kier molecular flexibility index (Phi) is 7.07. The van der Waals surface area contributed by atoms with Gasteiger partial charge in [-0.25, -0.2) is 0 Å². The summed E-state index contributed by atoms with van der Waals surface area (Å²) in [6.07, 6.45) is 3.80. The van der Waals surface area contributed by atoms with Crippen LogP contribution in [0.1, 0.15) is 31.2 Å². The first-order chi connectivity index (χ1) is 9.69. The fraction of sp³-hybridized carbons (Fsp3) is 0.500. The van der Waals surface area contributed by atoms with Gasteiger partial charge < -0.3 is 10.4 Å². The third kappa shape index (κ3) is 5.24. The molecule has 0 amide bonds. The largest absolute Gasteiger partial charge is 0.396 e. The fourth-order valence-corrected chi connectivity index (χ4v) is 1.89. The number of rotatable bonds is 9. The number of hydrogen-bond acceptors (Lipinski definition) is 5. The summed E-state index contributed by atoms with van der Waals surface area (Å²) in [7, 11) is 0. The SMILES string of the molecule is N#CCc1ccc(NCCCCCCO)c([N+](=O)[O-])c1. The van der Waals surface area contributed by atoms with Crippen molar-refractivity contribution in [1.82, 2.24) is 0 Å². The van der Waals surface area contributed by atoms with E-state index in [4.69, 9.17) is 10.4 Å². The van der Waals surface area contributed by atoms with Crippen molar-refractivity contribution in [3.05, 3.63) is 33.9 Å². The number of nitriles is 1. The molecule has 0 bridgehead atoms. The molecule has 0 saturated carbocycles. The molecule has 0 aliphatic heterocycles. The molecule has 0 unspecified atom stereocenters. The van der Waals surface area contributed by atoms with Crippen molar-refractivity contribution < 1.29 is 10.0 Å². The van der Waals surface area contributed by atoms with E-state index in [1.165, 1.54) is 6.07 Å². The smallest absolute Gasteiger partial charge is 0.292 e. The van der Waals surface area contributed by atoms with Crippen LogP contribution in [-0.2, 0) is 6.42 Å². The van der Waals surface area contributed by atoms with Crippen LogP contribution < -0.4 is 5.32 Å². The topological polar surface area (TPSA) is 99.2 Å². The van der Waals surface area contributed by atoms with Crippen molar-refractivity contribution >= 4 is 11.4 Å². The Morgan fingerprint density at radius 1 is 1.30 bits per heavy atom. The number of unbranched alkanes of at least 4 members (excludes halogenated alkanes) is 3. The Hall–Kier alpha value is -2.13. The highest BCUT2D eigenvalue weighted by atomic mass is 16.6. The zero-order valence-electron chi connectivity index (χ0n) is 11.3. The van der Waals surface area contributed by atoms with Crippen molar-refractivity contribution in [1.29, 1.82) is 5.26 Å². The van der Waals surface area contributed by atoms with Crippen molar-refractivity contribution in [2.75, 3.05) is 18.5 Å². The number of nitrogens with one attached hydrogen (secondary N) is 1. The number of aliphatic hydroxyl groups excluding tert-OH is 1. The van der Waals surface area contributed by atoms with Crippen molar-refractivity contribution in [3.8, 4) is 6.07 Å². The third-order valence-corrected chi connectivity index (χ3v) is 2.94. The third-order valence-electron chi connectivity index (χ3n) is 2.94. The van der Waals surface area contributed by atoms with Crippen LogP contribution in [0.4, 0.5) is 11.4 Å². The molecule has 0 radical (unpaired) electrons. The van der Waals surface area contributed by atoms with E-state index in [1.807, 2.05) is 6.07 Å². The van der Waals surface area contributed by atoms with Crippen LogP contribution in [0.2, 0.25) is 0 Å². The molecular formula is C14H19N3O3. The second-order valence-electron chi connectivity index (χ2n) is 4.51. The molecule has 0 atom stereocenters. The molecule has 1 aromatic carbocycles. The zero-order valence-corrected chi connectivity index (χ0v) is 11.3. The van der Waals surface area contributed by atoms with E-state index in [0.29, 0.717) is 17.8 Å². The molecule has 108 valence electrons. The molecule has 6 heteroatoms. The van der Waals surface area contributed by atoms with Gasteiger partial charge in [0.2, 0.25) is 0 Å². The molecule has 0 saturated heterocycles. The lowest BCUT2D eigenvalue weighted by atomic mass is 10.1. The maximum atomic E-state index is 11.0. The number of nitro groups is 1. The number of hydrogen-bond donors (Lipinski definition) is 2. The Balaban J connectivity index is 2.56. The van der Waals surface area contributed by atoms with E-state index >= 15 is 0 Å². The second kappa shape index (κ2) is 8.88. The Labute approximate surface area is 118 Å². The first kappa shape index (κ1) is 15.9. The van der Waals surface area contributed by atoms with Gasteiger partial charge in [-0.1, -0.05) is 18.9 Å². The molecule has 0 aliphatic rings. The van der Waals surface area contributed by atoms with Crippen LogP contribution in [0.25, 0.3) is 0 Å². The predicted molar refractivity (Wildman–Crippen MR) is 76.5 cm³/mol. The van der Waals surface area contributed by atoms with Crippen LogP contribution in [-0.4, -0.2) is 23.2 Å². The van der Waals surface area contributed by atoms with E-state index < -0.39 is 4.92 Å². The molecule has 0 heterocycles. The molecule has 6 nitrogen and oxygen atoms in total. The minimum atomic E-state index is -0.436. The maximum absolute atomic E-state index is 11.0. The highest BCUT2D eigenvalue weighted by Gasteiger charge is 2.13. The van der Waals surface area contributed by atoms with Crippen LogP contribution in [0, 0.1) is 21.4 Å². The molecule has 0 spiro atoms. The molecule has 0 fully saturated rings. The predicted octanol–water partition coefficient (Wildman–Crippen LogP) is 2.63. The Bertz CT molecular complexity index is 483. The number of benzene rings is 1. The highest BCUT2D eigenvalue weighted by molar-refractivity contribution is 5.62. The lowest BCUT2D eigenvalue weighted by Gasteiger charge is -2.08. The summed E-state index contributed by atoms with van der Waals surface area (Å²) in [4.78, 5) is 10.6. The highest BCUT2D eigenvalue weighted by Crippen LogP contribution is 2.25. The Morgan fingerprint density at radius 2 is 2.05 bits per heavy atom. The van der Waals surface area contributed by atoms with E-state index in [2.05, 4.69) is 5.32 Å². The van der Waals surface area contributed by atoms with Gasteiger partial charge in [0.1, 0.15) is 5.69 Å². The van der Waals surface area contributed by atoms with Gasteiger partial charge in [-0.2, -0.15) is 5.26 Å². The molecule has 1 aromatic rings. The quantitative estimate of drug-likeness (QED) is 0.410. The number of nitrogens with zero attached hydrogens (tertiary/aromatic N) is 2. The van der Waals surface area contributed by atoms with Crippen LogP contribution in [0.15, 0.2) is 18.2 Å². The average Bonchev–Trinajstić information content (AvgIpc) is 2.44. The van der Waals surface area contributed by atoms with Crippen molar-refractivity contribution in [2.24, 2.45) is 0 Å². The van der Waals surface area contributed by atoms with Gasteiger partial charge in [0, 0.05) is 19.2 Å². The molecule has 0 aliphatic carbocycles. The summed E-state index contributed by atoms with van der Waals surface area (Å²) in [5.41, 5.74) is 1.14.